The molecule has 2 aromatic carbocycles. The molecule has 0 aliphatic carbocycles. The minimum atomic E-state index is -0.904. The first-order valence-corrected chi connectivity index (χ1v) is 7.05. The average Bonchev–Trinajstić information content (AvgIpc) is 2.37. The maximum absolute atomic E-state index is 10.5. The van der Waals surface area contributed by atoms with Gasteiger partial charge in [-0.1, -0.05) is 41.4 Å². The fourth-order valence-corrected chi connectivity index (χ4v) is 3.10. The highest BCUT2D eigenvalue weighted by atomic mass is 79.9. The molecule has 0 saturated carbocycles. The highest BCUT2D eigenvalue weighted by Crippen LogP contribution is 2.39. The zero-order chi connectivity index (χ0) is 14.0. The second-order valence-corrected chi connectivity index (χ2v) is 5.63. The standard InChI is InChI=1S/C14H11BrCl2O2/c1-19-14-10(6-8(16)7-11(14)15)13(18)9-4-2-3-5-12(9)17/h2-7,13,18H,1H3. The van der Waals surface area contributed by atoms with Crippen LogP contribution in [0.15, 0.2) is 40.9 Å². The Morgan fingerprint density at radius 1 is 1.16 bits per heavy atom. The summed E-state index contributed by atoms with van der Waals surface area (Å²) in [5.74, 6) is 0.539. The predicted molar refractivity (Wildman–Crippen MR) is 81.2 cm³/mol. The summed E-state index contributed by atoms with van der Waals surface area (Å²) in [6, 6.07) is 10.5. The summed E-state index contributed by atoms with van der Waals surface area (Å²) < 4.78 is 5.99. The van der Waals surface area contributed by atoms with E-state index < -0.39 is 6.10 Å². The van der Waals surface area contributed by atoms with Crippen LogP contribution in [-0.2, 0) is 0 Å². The van der Waals surface area contributed by atoms with Crippen molar-refractivity contribution in [3.63, 3.8) is 0 Å². The largest absolute Gasteiger partial charge is 0.495 e. The molecule has 0 saturated heterocycles. The van der Waals surface area contributed by atoms with Crippen molar-refractivity contribution in [2.24, 2.45) is 0 Å². The first-order chi connectivity index (χ1) is 9.04. The SMILES string of the molecule is COc1c(Br)cc(Cl)cc1C(O)c1ccccc1Cl. The lowest BCUT2D eigenvalue weighted by Crippen LogP contribution is -2.03. The maximum Gasteiger partial charge on any atom is 0.139 e. The summed E-state index contributed by atoms with van der Waals surface area (Å²) >= 11 is 15.5. The molecule has 0 aliphatic rings. The van der Waals surface area contributed by atoms with Crippen LogP contribution in [0, 0.1) is 0 Å². The molecule has 0 fully saturated rings. The zero-order valence-corrected chi connectivity index (χ0v) is 13.1. The Hall–Kier alpha value is -0.740. The predicted octanol–water partition coefficient (Wildman–Crippen LogP) is 4.85. The van der Waals surface area contributed by atoms with Crippen LogP contribution in [0.3, 0.4) is 0 Å². The molecule has 0 bridgehead atoms. The number of aliphatic hydroxyl groups is 1. The van der Waals surface area contributed by atoms with E-state index in [4.69, 9.17) is 27.9 Å². The van der Waals surface area contributed by atoms with Crippen LogP contribution in [0.4, 0.5) is 0 Å². The van der Waals surface area contributed by atoms with Gasteiger partial charge in [-0.15, -0.1) is 0 Å². The number of methoxy groups -OCH3 is 1. The third-order valence-corrected chi connectivity index (χ3v) is 3.89. The number of hydrogen-bond acceptors (Lipinski definition) is 2. The Labute approximate surface area is 130 Å². The lowest BCUT2D eigenvalue weighted by molar-refractivity contribution is 0.214. The van der Waals surface area contributed by atoms with Crippen LogP contribution in [0.5, 0.6) is 5.75 Å². The number of ether oxygens (including phenoxy) is 1. The summed E-state index contributed by atoms with van der Waals surface area (Å²) in [6.07, 6.45) is -0.904. The van der Waals surface area contributed by atoms with Crippen LogP contribution in [0.2, 0.25) is 10.0 Å². The van der Waals surface area contributed by atoms with Gasteiger partial charge in [0.15, 0.2) is 0 Å². The second kappa shape index (κ2) is 6.14. The molecule has 5 heteroatoms. The van der Waals surface area contributed by atoms with Crippen LogP contribution in [-0.4, -0.2) is 12.2 Å². The van der Waals surface area contributed by atoms with Gasteiger partial charge in [-0.05, 0) is 34.1 Å². The molecule has 0 spiro atoms. The number of aliphatic hydroxyl groups excluding tert-OH is 1. The third kappa shape index (κ3) is 3.06. The van der Waals surface area contributed by atoms with E-state index in [0.717, 1.165) is 0 Å². The summed E-state index contributed by atoms with van der Waals surface area (Å²) in [5.41, 5.74) is 1.17. The van der Waals surface area contributed by atoms with E-state index in [9.17, 15) is 5.11 Å². The monoisotopic (exact) mass is 360 g/mol. The molecule has 0 heterocycles. The summed E-state index contributed by atoms with van der Waals surface area (Å²) in [5, 5.41) is 11.5. The van der Waals surface area contributed by atoms with Crippen molar-refractivity contribution in [2.45, 2.75) is 6.10 Å². The third-order valence-electron chi connectivity index (χ3n) is 2.74. The number of halogens is 3. The Bertz CT molecular complexity index is 602. The number of benzene rings is 2. The Balaban J connectivity index is 2.55. The van der Waals surface area contributed by atoms with Gasteiger partial charge < -0.3 is 9.84 Å². The number of rotatable bonds is 3. The van der Waals surface area contributed by atoms with Crippen molar-refractivity contribution in [1.82, 2.24) is 0 Å². The van der Waals surface area contributed by atoms with E-state index >= 15 is 0 Å². The minimum absolute atomic E-state index is 0.494. The first-order valence-electron chi connectivity index (χ1n) is 5.50. The molecule has 2 rings (SSSR count). The second-order valence-electron chi connectivity index (χ2n) is 3.93. The lowest BCUT2D eigenvalue weighted by atomic mass is 10.0. The summed E-state index contributed by atoms with van der Waals surface area (Å²) in [6.45, 7) is 0. The van der Waals surface area contributed by atoms with E-state index in [1.165, 1.54) is 7.11 Å². The molecule has 19 heavy (non-hydrogen) atoms. The molecular formula is C14H11BrCl2O2. The van der Waals surface area contributed by atoms with Crippen molar-refractivity contribution < 1.29 is 9.84 Å². The van der Waals surface area contributed by atoms with Gasteiger partial charge in [0.1, 0.15) is 11.9 Å². The van der Waals surface area contributed by atoms with E-state index in [1.54, 1.807) is 24.3 Å². The minimum Gasteiger partial charge on any atom is -0.495 e. The highest BCUT2D eigenvalue weighted by molar-refractivity contribution is 9.10. The van der Waals surface area contributed by atoms with E-state index in [1.807, 2.05) is 12.1 Å². The molecule has 0 aromatic heterocycles. The Kier molecular flexibility index (Phi) is 4.74. The van der Waals surface area contributed by atoms with Crippen molar-refractivity contribution in [3.8, 4) is 5.75 Å². The van der Waals surface area contributed by atoms with Gasteiger partial charge in [-0.3, -0.25) is 0 Å². The van der Waals surface area contributed by atoms with Gasteiger partial charge in [0.05, 0.1) is 11.6 Å². The quantitative estimate of drug-likeness (QED) is 0.846. The normalized spacial score (nSPS) is 12.3. The molecular weight excluding hydrogens is 351 g/mol. The van der Waals surface area contributed by atoms with Crippen LogP contribution in [0.25, 0.3) is 0 Å². The van der Waals surface area contributed by atoms with Crippen LogP contribution < -0.4 is 4.74 Å². The van der Waals surface area contributed by atoms with Crippen molar-refractivity contribution in [3.05, 3.63) is 62.0 Å². The topological polar surface area (TPSA) is 29.5 Å². The lowest BCUT2D eigenvalue weighted by Gasteiger charge is -2.17. The highest BCUT2D eigenvalue weighted by Gasteiger charge is 2.20. The van der Waals surface area contributed by atoms with Gasteiger partial charge >= 0.3 is 0 Å². The maximum atomic E-state index is 10.5. The molecule has 100 valence electrons. The van der Waals surface area contributed by atoms with Gasteiger partial charge in [0, 0.05) is 21.2 Å². The molecule has 0 amide bonds. The van der Waals surface area contributed by atoms with E-state index in [-0.39, 0.29) is 0 Å². The fraction of sp³-hybridized carbons (Fsp3) is 0.143. The smallest absolute Gasteiger partial charge is 0.139 e. The van der Waals surface area contributed by atoms with Gasteiger partial charge in [0.25, 0.3) is 0 Å². The molecule has 1 N–H and O–H groups in total. The summed E-state index contributed by atoms with van der Waals surface area (Å²) in [4.78, 5) is 0. The molecule has 1 atom stereocenters. The van der Waals surface area contributed by atoms with E-state index in [2.05, 4.69) is 15.9 Å². The van der Waals surface area contributed by atoms with Crippen LogP contribution >= 0.6 is 39.1 Å². The van der Waals surface area contributed by atoms with Crippen molar-refractivity contribution in [1.29, 1.82) is 0 Å². The van der Waals surface area contributed by atoms with Gasteiger partial charge in [-0.2, -0.15) is 0 Å². The number of hydrogen-bond donors (Lipinski definition) is 1. The zero-order valence-electron chi connectivity index (χ0n) is 10.0. The van der Waals surface area contributed by atoms with Crippen molar-refractivity contribution >= 4 is 39.1 Å². The molecule has 0 aliphatic heterocycles. The molecule has 0 radical (unpaired) electrons. The molecule has 2 nitrogen and oxygen atoms in total. The van der Waals surface area contributed by atoms with Gasteiger partial charge in [-0.25, -0.2) is 0 Å². The molecule has 1 unspecified atom stereocenters. The van der Waals surface area contributed by atoms with Crippen molar-refractivity contribution in [2.75, 3.05) is 7.11 Å². The van der Waals surface area contributed by atoms with E-state index in [0.29, 0.717) is 31.4 Å². The van der Waals surface area contributed by atoms with Crippen LogP contribution in [0.1, 0.15) is 17.2 Å². The molecule has 2 aromatic rings. The Morgan fingerprint density at radius 3 is 2.47 bits per heavy atom. The van der Waals surface area contributed by atoms with Gasteiger partial charge in [0.2, 0.25) is 0 Å². The average molecular weight is 362 g/mol. The summed E-state index contributed by atoms with van der Waals surface area (Å²) in [7, 11) is 1.54. The first kappa shape index (κ1) is 14.7. The Morgan fingerprint density at radius 2 is 1.84 bits per heavy atom. The fourth-order valence-electron chi connectivity index (χ4n) is 1.86.